The molecule has 1 unspecified atom stereocenters. The highest BCUT2D eigenvalue weighted by Crippen LogP contribution is 2.32. The molecule has 1 aromatic carbocycles. The van der Waals surface area contributed by atoms with E-state index in [1.165, 1.54) is 10.5 Å². The van der Waals surface area contributed by atoms with Gasteiger partial charge in [-0.1, -0.05) is 36.7 Å². The minimum absolute atomic E-state index is 0.637. The number of thioether (sulfide) groups is 1. The molecule has 0 saturated heterocycles. The lowest BCUT2D eigenvalue weighted by Gasteiger charge is -2.17. The second kappa shape index (κ2) is 6.67. The molecule has 0 radical (unpaired) electrons. The van der Waals surface area contributed by atoms with Crippen LogP contribution in [0.3, 0.4) is 0 Å². The molecule has 0 spiro atoms. The number of nitrogens with two attached hydrogens (primary N) is 1. The summed E-state index contributed by atoms with van der Waals surface area (Å²) in [4.78, 5) is 1.37. The third-order valence-corrected chi connectivity index (χ3v) is 4.75. The Morgan fingerprint density at radius 2 is 2.00 bits per heavy atom. The maximum Gasteiger partial charge on any atom is 0.0178 e. The minimum Gasteiger partial charge on any atom is -0.330 e. The van der Waals surface area contributed by atoms with Crippen LogP contribution in [0, 0.1) is 5.92 Å². The Morgan fingerprint density at radius 3 is 2.56 bits per heavy atom. The van der Waals surface area contributed by atoms with Crippen molar-refractivity contribution in [3.63, 3.8) is 0 Å². The molecule has 3 heteroatoms. The molecular weight excluding hydrogens is 282 g/mol. The maximum atomic E-state index is 5.65. The zero-order valence-corrected chi connectivity index (χ0v) is 12.6. The van der Waals surface area contributed by atoms with Crippen molar-refractivity contribution in [1.29, 1.82) is 0 Å². The standard InChI is InChI=1S/C13H20BrNS/c1-9(2)10(3)16-13-5-4-12(14)8-11(13)6-7-15/h4-5,8-10H,6-7,15H2,1-3H3. The van der Waals surface area contributed by atoms with Crippen molar-refractivity contribution in [1.82, 2.24) is 0 Å². The van der Waals surface area contributed by atoms with Crippen LogP contribution in [0.15, 0.2) is 27.6 Å². The molecule has 16 heavy (non-hydrogen) atoms. The monoisotopic (exact) mass is 301 g/mol. The molecule has 0 saturated carbocycles. The lowest BCUT2D eigenvalue weighted by atomic mass is 10.1. The molecule has 0 amide bonds. The Kier molecular flexibility index (Phi) is 5.87. The molecule has 1 aromatic rings. The van der Waals surface area contributed by atoms with E-state index in [1.807, 2.05) is 11.8 Å². The summed E-state index contributed by atoms with van der Waals surface area (Å²) in [5, 5.41) is 0.637. The van der Waals surface area contributed by atoms with Gasteiger partial charge in [0, 0.05) is 14.6 Å². The van der Waals surface area contributed by atoms with Gasteiger partial charge in [0.2, 0.25) is 0 Å². The predicted octanol–water partition coefficient (Wildman–Crippen LogP) is 4.09. The highest BCUT2D eigenvalue weighted by atomic mass is 79.9. The smallest absolute Gasteiger partial charge is 0.0178 e. The van der Waals surface area contributed by atoms with E-state index in [0.717, 1.165) is 10.9 Å². The van der Waals surface area contributed by atoms with Crippen LogP contribution in [0.5, 0.6) is 0 Å². The first kappa shape index (κ1) is 14.1. The van der Waals surface area contributed by atoms with Crippen LogP contribution in [-0.2, 0) is 6.42 Å². The van der Waals surface area contributed by atoms with Crippen LogP contribution >= 0.6 is 27.7 Å². The topological polar surface area (TPSA) is 26.0 Å². The van der Waals surface area contributed by atoms with Gasteiger partial charge in [0.1, 0.15) is 0 Å². The van der Waals surface area contributed by atoms with Gasteiger partial charge in [-0.05, 0) is 42.6 Å². The average molecular weight is 302 g/mol. The van der Waals surface area contributed by atoms with Gasteiger partial charge >= 0.3 is 0 Å². The molecule has 0 aliphatic rings. The molecular formula is C13H20BrNS. The highest BCUT2D eigenvalue weighted by molar-refractivity contribution is 9.10. The van der Waals surface area contributed by atoms with Crippen LogP contribution in [0.2, 0.25) is 0 Å². The molecule has 0 heterocycles. The van der Waals surface area contributed by atoms with E-state index in [-0.39, 0.29) is 0 Å². The second-order valence-electron chi connectivity index (χ2n) is 4.36. The molecule has 0 aliphatic carbocycles. The molecule has 1 rings (SSSR count). The zero-order chi connectivity index (χ0) is 12.1. The van der Waals surface area contributed by atoms with Crippen LogP contribution in [-0.4, -0.2) is 11.8 Å². The van der Waals surface area contributed by atoms with E-state index in [2.05, 4.69) is 54.9 Å². The molecule has 90 valence electrons. The fourth-order valence-electron chi connectivity index (χ4n) is 1.35. The van der Waals surface area contributed by atoms with Crippen LogP contribution < -0.4 is 5.73 Å². The first-order valence-electron chi connectivity index (χ1n) is 5.69. The van der Waals surface area contributed by atoms with Crippen molar-refractivity contribution in [2.45, 2.75) is 37.3 Å². The first-order valence-corrected chi connectivity index (χ1v) is 7.37. The first-order chi connectivity index (χ1) is 7.54. The quantitative estimate of drug-likeness (QED) is 0.829. The van der Waals surface area contributed by atoms with Gasteiger partial charge in [0.05, 0.1) is 0 Å². The van der Waals surface area contributed by atoms with E-state index >= 15 is 0 Å². The van der Waals surface area contributed by atoms with E-state index < -0.39 is 0 Å². The van der Waals surface area contributed by atoms with Crippen molar-refractivity contribution in [3.05, 3.63) is 28.2 Å². The Bertz CT molecular complexity index is 339. The van der Waals surface area contributed by atoms with Gasteiger partial charge < -0.3 is 5.73 Å². The molecule has 2 N–H and O–H groups in total. The minimum atomic E-state index is 0.637. The van der Waals surface area contributed by atoms with Crippen molar-refractivity contribution in [2.75, 3.05) is 6.54 Å². The third kappa shape index (κ3) is 4.11. The van der Waals surface area contributed by atoms with E-state index in [9.17, 15) is 0 Å². The summed E-state index contributed by atoms with van der Waals surface area (Å²) in [5.74, 6) is 0.694. The molecule has 0 bridgehead atoms. The van der Waals surface area contributed by atoms with Crippen molar-refractivity contribution < 1.29 is 0 Å². The maximum absolute atomic E-state index is 5.65. The SMILES string of the molecule is CC(C)C(C)Sc1ccc(Br)cc1CCN. The third-order valence-electron chi connectivity index (χ3n) is 2.69. The fraction of sp³-hybridized carbons (Fsp3) is 0.538. The van der Waals surface area contributed by atoms with Gasteiger partial charge in [-0.15, -0.1) is 11.8 Å². The number of hydrogen-bond acceptors (Lipinski definition) is 2. The molecule has 0 aliphatic heterocycles. The summed E-state index contributed by atoms with van der Waals surface area (Å²) in [7, 11) is 0. The summed E-state index contributed by atoms with van der Waals surface area (Å²) in [6.07, 6.45) is 0.951. The van der Waals surface area contributed by atoms with Crippen LogP contribution in [0.25, 0.3) is 0 Å². The van der Waals surface area contributed by atoms with Gasteiger partial charge in [-0.2, -0.15) is 0 Å². The van der Waals surface area contributed by atoms with Crippen molar-refractivity contribution in [3.8, 4) is 0 Å². The summed E-state index contributed by atoms with van der Waals surface area (Å²) >= 11 is 5.46. The zero-order valence-electron chi connectivity index (χ0n) is 10.2. The van der Waals surface area contributed by atoms with E-state index in [4.69, 9.17) is 5.73 Å². The lowest BCUT2D eigenvalue weighted by Crippen LogP contribution is -2.08. The van der Waals surface area contributed by atoms with Crippen LogP contribution in [0.4, 0.5) is 0 Å². The van der Waals surface area contributed by atoms with Crippen molar-refractivity contribution >= 4 is 27.7 Å². The Balaban J connectivity index is 2.85. The Hall–Kier alpha value is 0.01000. The number of hydrogen-bond donors (Lipinski definition) is 1. The number of rotatable bonds is 5. The molecule has 1 nitrogen and oxygen atoms in total. The number of benzene rings is 1. The summed E-state index contributed by atoms with van der Waals surface area (Å²) in [6, 6.07) is 6.48. The normalized spacial score (nSPS) is 13.1. The highest BCUT2D eigenvalue weighted by Gasteiger charge is 2.11. The average Bonchev–Trinajstić information content (AvgIpc) is 2.22. The van der Waals surface area contributed by atoms with Gasteiger partial charge in [0.15, 0.2) is 0 Å². The molecule has 0 aromatic heterocycles. The van der Waals surface area contributed by atoms with Gasteiger partial charge in [0.25, 0.3) is 0 Å². The van der Waals surface area contributed by atoms with E-state index in [1.54, 1.807) is 0 Å². The Morgan fingerprint density at radius 1 is 1.31 bits per heavy atom. The predicted molar refractivity (Wildman–Crippen MR) is 77.1 cm³/mol. The van der Waals surface area contributed by atoms with Gasteiger partial charge in [-0.25, -0.2) is 0 Å². The van der Waals surface area contributed by atoms with E-state index in [0.29, 0.717) is 17.7 Å². The molecule has 0 fully saturated rings. The second-order valence-corrected chi connectivity index (χ2v) is 6.69. The largest absolute Gasteiger partial charge is 0.330 e. The summed E-state index contributed by atoms with van der Waals surface area (Å²) in [6.45, 7) is 7.52. The number of halogens is 1. The Labute approximate surface area is 111 Å². The fourth-order valence-corrected chi connectivity index (χ4v) is 2.89. The summed E-state index contributed by atoms with van der Waals surface area (Å²) in [5.41, 5.74) is 7.00. The van der Waals surface area contributed by atoms with Crippen molar-refractivity contribution in [2.24, 2.45) is 11.7 Å². The van der Waals surface area contributed by atoms with Gasteiger partial charge in [-0.3, -0.25) is 0 Å². The summed E-state index contributed by atoms with van der Waals surface area (Å²) < 4.78 is 1.14. The molecule has 1 atom stereocenters. The van der Waals surface area contributed by atoms with Crippen LogP contribution in [0.1, 0.15) is 26.3 Å². The lowest BCUT2D eigenvalue weighted by molar-refractivity contribution is 0.642.